The molecule has 224 valence electrons. The van der Waals surface area contributed by atoms with Crippen molar-refractivity contribution in [3.63, 3.8) is 0 Å². The first-order valence-electron chi connectivity index (χ1n) is 16.4. The molecule has 1 aromatic heterocycles. The number of thiocarbonyl (C=S) groups is 1. The first-order chi connectivity index (χ1) is 21.3. The number of benzene rings is 5. The second kappa shape index (κ2) is 11.2. The average Bonchev–Trinajstić information content (AvgIpc) is 3.02. The van der Waals surface area contributed by atoms with Gasteiger partial charge in [0, 0.05) is 50.1 Å². The van der Waals surface area contributed by atoms with Crippen LogP contribution in [-0.2, 0) is 0 Å². The van der Waals surface area contributed by atoms with Crippen molar-refractivity contribution in [3.05, 3.63) is 69.6 Å². The van der Waals surface area contributed by atoms with Gasteiger partial charge in [-0.1, -0.05) is 126 Å². The van der Waals surface area contributed by atoms with Crippen molar-refractivity contribution in [1.29, 1.82) is 0 Å². The highest BCUT2D eigenvalue weighted by Gasteiger charge is 2.34. The Morgan fingerprint density at radius 3 is 1.73 bits per heavy atom. The molecule has 1 aliphatic rings. The SMILES string of the molecule is C=c1c2ccc3c4ccc5c6c(ccc(c7ccc(c(=S)n1[C@@H](C)CCCCC)c2c37)c64)C(=O)N([C@@H](C)CCCCC)C5=S. The predicted octanol–water partition coefficient (Wildman–Crippen LogP) is 10.8. The summed E-state index contributed by atoms with van der Waals surface area (Å²) in [5, 5.41) is 12.5. The maximum atomic E-state index is 14.0. The third-order valence-corrected chi connectivity index (χ3v) is 11.0. The number of fused-ring (bicyclic) bond motifs is 2. The van der Waals surface area contributed by atoms with Crippen LogP contribution < -0.4 is 5.35 Å². The van der Waals surface area contributed by atoms with Gasteiger partial charge >= 0.3 is 0 Å². The van der Waals surface area contributed by atoms with Crippen molar-refractivity contribution < 1.29 is 4.79 Å². The lowest BCUT2D eigenvalue weighted by Crippen LogP contribution is -2.45. The van der Waals surface area contributed by atoms with Crippen LogP contribution in [0.3, 0.4) is 0 Å². The second-order valence-electron chi connectivity index (χ2n) is 12.9. The fraction of sp³-hybridized carbons (Fsp3) is 0.359. The van der Waals surface area contributed by atoms with Gasteiger partial charge < -0.3 is 4.57 Å². The molecular weight excluding hydrogens is 577 g/mol. The largest absolute Gasteiger partial charge is 0.329 e. The van der Waals surface area contributed by atoms with Crippen molar-refractivity contribution in [3.8, 4) is 0 Å². The lowest BCUT2D eigenvalue weighted by molar-refractivity contribution is 0.0807. The molecule has 0 saturated carbocycles. The number of pyridine rings is 1. The Bertz CT molecular complexity index is 2100. The smallest absolute Gasteiger partial charge is 0.259 e. The van der Waals surface area contributed by atoms with Gasteiger partial charge in [-0.3, -0.25) is 9.69 Å². The Hall–Kier alpha value is -3.41. The minimum atomic E-state index is 0.0287. The molecule has 5 heteroatoms. The number of hydrogen-bond acceptors (Lipinski definition) is 3. The topological polar surface area (TPSA) is 25.2 Å². The molecule has 0 bridgehead atoms. The van der Waals surface area contributed by atoms with E-state index >= 15 is 0 Å². The summed E-state index contributed by atoms with van der Waals surface area (Å²) in [6, 6.07) is 17.9. The minimum absolute atomic E-state index is 0.0287. The van der Waals surface area contributed by atoms with Crippen LogP contribution in [0, 0.1) is 4.64 Å². The molecule has 0 spiro atoms. The van der Waals surface area contributed by atoms with Crippen LogP contribution in [0.15, 0.2) is 48.5 Å². The molecule has 1 aliphatic heterocycles. The molecular formula is C39H40N2OS2. The normalized spacial score (nSPS) is 15.1. The molecule has 2 heterocycles. The standard InChI is InChI=1S/C39H40N2OS2/c1-6-8-10-12-22(3)40-24(5)25-14-15-26-29-18-21-32-36-30(37(42)41(39(32)44)23(4)13-11-9-7-2)19-16-27(35(29)36)28-17-20-31(38(40)43)33(25)34(26)28/h14-23H,5-13H2,1-4H3/t22-,23-/m0/s1. The lowest BCUT2D eigenvalue weighted by atomic mass is 9.83. The molecule has 3 nitrogen and oxygen atoms in total. The zero-order valence-corrected chi connectivity index (χ0v) is 27.9. The monoisotopic (exact) mass is 616 g/mol. The van der Waals surface area contributed by atoms with Crippen LogP contribution in [0.1, 0.15) is 101 Å². The number of carbonyl (C=O) groups is 1. The van der Waals surface area contributed by atoms with E-state index in [1.807, 2.05) is 11.0 Å². The van der Waals surface area contributed by atoms with Gasteiger partial charge in [-0.15, -0.1) is 0 Å². The number of nitrogens with zero attached hydrogens (tertiary/aromatic N) is 2. The van der Waals surface area contributed by atoms with E-state index in [1.165, 1.54) is 47.2 Å². The number of hydrogen-bond donors (Lipinski definition) is 0. The van der Waals surface area contributed by atoms with Gasteiger partial charge in [0.1, 0.15) is 9.63 Å². The van der Waals surface area contributed by atoms with Gasteiger partial charge in [-0.25, -0.2) is 0 Å². The highest BCUT2D eigenvalue weighted by Crippen LogP contribution is 2.46. The molecule has 0 fully saturated rings. The summed E-state index contributed by atoms with van der Waals surface area (Å²) in [6.07, 6.45) is 9.10. The van der Waals surface area contributed by atoms with Crippen molar-refractivity contribution in [2.24, 2.45) is 0 Å². The number of rotatable bonds is 10. The Morgan fingerprint density at radius 1 is 0.636 bits per heavy atom. The van der Waals surface area contributed by atoms with E-state index in [2.05, 4.69) is 81.3 Å². The Labute approximate surface area is 269 Å². The number of carbonyl (C=O) groups excluding carboxylic acids is 1. The van der Waals surface area contributed by atoms with Crippen molar-refractivity contribution in [2.45, 2.75) is 91.1 Å². The van der Waals surface area contributed by atoms with E-state index in [9.17, 15) is 4.79 Å². The van der Waals surface area contributed by atoms with Crippen LogP contribution in [-0.4, -0.2) is 26.4 Å². The molecule has 0 aliphatic carbocycles. The zero-order valence-electron chi connectivity index (χ0n) is 26.3. The summed E-state index contributed by atoms with van der Waals surface area (Å²) in [6.45, 7) is 13.5. The quantitative estimate of drug-likeness (QED) is 0.0663. The summed E-state index contributed by atoms with van der Waals surface area (Å²) in [5.74, 6) is 0.0287. The van der Waals surface area contributed by atoms with Gasteiger partial charge in [0.2, 0.25) is 0 Å². The summed E-state index contributed by atoms with van der Waals surface area (Å²) in [4.78, 5) is 16.6. The Kier molecular flexibility index (Phi) is 7.45. The summed E-state index contributed by atoms with van der Waals surface area (Å²) < 4.78 is 3.16. The van der Waals surface area contributed by atoms with Crippen LogP contribution >= 0.6 is 24.4 Å². The maximum Gasteiger partial charge on any atom is 0.259 e. The van der Waals surface area contributed by atoms with Crippen molar-refractivity contribution >= 4 is 95.8 Å². The molecule has 1 amide bonds. The van der Waals surface area contributed by atoms with E-state index in [4.69, 9.17) is 24.4 Å². The third kappa shape index (κ3) is 4.15. The van der Waals surface area contributed by atoms with Crippen molar-refractivity contribution in [1.82, 2.24) is 9.47 Å². The van der Waals surface area contributed by atoms with Crippen LogP contribution in [0.5, 0.6) is 0 Å². The summed E-state index contributed by atoms with van der Waals surface area (Å²) >= 11 is 12.2. The highest BCUT2D eigenvalue weighted by atomic mass is 32.1. The second-order valence-corrected chi connectivity index (χ2v) is 13.7. The van der Waals surface area contributed by atoms with Crippen LogP contribution in [0.4, 0.5) is 0 Å². The van der Waals surface area contributed by atoms with E-state index in [1.54, 1.807) is 0 Å². The molecule has 0 unspecified atom stereocenters. The molecule has 5 aromatic carbocycles. The molecule has 2 atom stereocenters. The Morgan fingerprint density at radius 2 is 1.11 bits per heavy atom. The Balaban J connectivity index is 1.47. The lowest BCUT2D eigenvalue weighted by Gasteiger charge is -2.35. The molecule has 0 N–H and O–H groups in total. The number of unbranched alkanes of at least 4 members (excludes halogenated alkanes) is 4. The van der Waals surface area contributed by atoms with E-state index in [0.717, 1.165) is 79.1 Å². The first kappa shape index (κ1) is 29.3. The fourth-order valence-electron chi connectivity index (χ4n) is 7.90. The molecule has 44 heavy (non-hydrogen) atoms. The molecule has 0 radical (unpaired) electrons. The van der Waals surface area contributed by atoms with E-state index < -0.39 is 0 Å². The summed E-state index contributed by atoms with van der Waals surface area (Å²) in [7, 11) is 0. The number of aromatic nitrogens is 1. The van der Waals surface area contributed by atoms with E-state index in [-0.39, 0.29) is 11.9 Å². The molecule has 6 aromatic rings. The number of amides is 1. The van der Waals surface area contributed by atoms with Crippen LogP contribution in [0.2, 0.25) is 0 Å². The molecule has 0 saturated heterocycles. The van der Waals surface area contributed by atoms with Gasteiger partial charge in [0.15, 0.2) is 0 Å². The maximum absolute atomic E-state index is 14.0. The highest BCUT2D eigenvalue weighted by molar-refractivity contribution is 7.80. The first-order valence-corrected chi connectivity index (χ1v) is 17.2. The van der Waals surface area contributed by atoms with Crippen molar-refractivity contribution in [2.75, 3.05) is 0 Å². The predicted molar refractivity (Wildman–Crippen MR) is 195 cm³/mol. The zero-order chi connectivity index (χ0) is 30.9. The fourth-order valence-corrected chi connectivity index (χ4v) is 8.80. The van der Waals surface area contributed by atoms with E-state index in [0.29, 0.717) is 11.0 Å². The van der Waals surface area contributed by atoms with Gasteiger partial charge in [0.25, 0.3) is 5.91 Å². The van der Waals surface area contributed by atoms with Gasteiger partial charge in [-0.2, -0.15) is 0 Å². The average molecular weight is 617 g/mol. The third-order valence-electron chi connectivity index (χ3n) is 10.2. The van der Waals surface area contributed by atoms with Gasteiger partial charge in [-0.05, 0) is 65.1 Å². The van der Waals surface area contributed by atoms with Crippen LogP contribution in [0.25, 0.3) is 60.4 Å². The van der Waals surface area contributed by atoms with Gasteiger partial charge in [0.05, 0.1) is 0 Å². The minimum Gasteiger partial charge on any atom is -0.329 e. The molecule has 7 rings (SSSR count). The summed E-state index contributed by atoms with van der Waals surface area (Å²) in [5.41, 5.74) is 1.75.